The second kappa shape index (κ2) is 6.69. The Bertz CT molecular complexity index is 370. The van der Waals surface area contributed by atoms with Gasteiger partial charge in [-0.25, -0.2) is 0 Å². The fraction of sp³-hybridized carbons (Fsp3) is 1.00. The van der Waals surface area contributed by atoms with Crippen molar-refractivity contribution in [3.05, 3.63) is 0 Å². The predicted octanol–water partition coefficient (Wildman–Crippen LogP) is 6.35. The summed E-state index contributed by atoms with van der Waals surface area (Å²) in [7, 11) is 0. The molecule has 0 nitrogen and oxygen atoms in total. The number of fused-ring (bicyclic) bond motifs is 3. The van der Waals surface area contributed by atoms with Crippen molar-refractivity contribution < 1.29 is 0 Å². The normalized spacial score (nSPS) is 52.6. The van der Waals surface area contributed by atoms with Gasteiger partial charge in [-0.2, -0.15) is 12.6 Å². The minimum atomic E-state index is 0.715. The Balaban J connectivity index is 1.37. The maximum atomic E-state index is 4.70. The van der Waals surface area contributed by atoms with E-state index in [0.29, 0.717) is 5.25 Å². The van der Waals surface area contributed by atoms with Gasteiger partial charge in [-0.05, 0) is 112 Å². The molecule has 0 amide bonds. The molecule has 0 saturated heterocycles. The van der Waals surface area contributed by atoms with Gasteiger partial charge in [-0.3, -0.25) is 0 Å². The van der Waals surface area contributed by atoms with Crippen LogP contribution < -0.4 is 0 Å². The molecule has 126 valence electrons. The molecule has 4 aliphatic rings. The molecule has 6 unspecified atom stereocenters. The van der Waals surface area contributed by atoms with Crippen LogP contribution in [0.5, 0.6) is 0 Å². The van der Waals surface area contributed by atoms with E-state index in [2.05, 4.69) is 6.92 Å². The summed E-state index contributed by atoms with van der Waals surface area (Å²) in [6, 6.07) is 0. The molecule has 4 aliphatic carbocycles. The largest absolute Gasteiger partial charge is 0.176 e. The maximum Gasteiger partial charge on any atom is 0.00170 e. The van der Waals surface area contributed by atoms with Crippen LogP contribution in [0.2, 0.25) is 0 Å². The van der Waals surface area contributed by atoms with E-state index in [1.54, 1.807) is 44.9 Å². The molecule has 0 N–H and O–H groups in total. The lowest BCUT2D eigenvalue weighted by atomic mass is 9.54. The Morgan fingerprint density at radius 1 is 0.545 bits per heavy atom. The molecule has 4 rings (SSSR count). The van der Waals surface area contributed by atoms with E-state index in [-0.39, 0.29) is 0 Å². The third-order valence-electron chi connectivity index (χ3n) is 8.25. The van der Waals surface area contributed by atoms with Crippen LogP contribution in [0.15, 0.2) is 0 Å². The van der Waals surface area contributed by atoms with Crippen LogP contribution in [0.3, 0.4) is 0 Å². The molecule has 4 saturated carbocycles. The third kappa shape index (κ3) is 3.13. The molecule has 0 aromatic carbocycles. The number of hydrogen-bond acceptors (Lipinski definition) is 1. The van der Waals surface area contributed by atoms with Gasteiger partial charge in [0.1, 0.15) is 0 Å². The fourth-order valence-electron chi connectivity index (χ4n) is 7.07. The van der Waals surface area contributed by atoms with Crippen LogP contribution in [0, 0.1) is 41.4 Å². The monoisotopic (exact) mass is 320 g/mol. The van der Waals surface area contributed by atoms with E-state index in [4.69, 9.17) is 12.6 Å². The number of hydrogen-bond donors (Lipinski definition) is 1. The van der Waals surface area contributed by atoms with Crippen molar-refractivity contribution in [3.8, 4) is 0 Å². The highest BCUT2D eigenvalue weighted by Gasteiger charge is 2.45. The summed E-state index contributed by atoms with van der Waals surface area (Å²) in [5.74, 6) is 7.65. The Hall–Kier alpha value is 0.350. The molecule has 0 bridgehead atoms. The molecule has 0 heterocycles. The summed E-state index contributed by atoms with van der Waals surface area (Å²) >= 11 is 4.70. The van der Waals surface area contributed by atoms with Crippen LogP contribution in [0.4, 0.5) is 0 Å². The smallest absolute Gasteiger partial charge is 0.00170 e. The number of thiol groups is 1. The zero-order valence-electron chi connectivity index (χ0n) is 14.6. The topological polar surface area (TPSA) is 0 Å². The molecule has 0 aromatic heterocycles. The van der Waals surface area contributed by atoms with Crippen LogP contribution in [0.1, 0.15) is 84.0 Å². The Labute approximate surface area is 143 Å². The van der Waals surface area contributed by atoms with Crippen molar-refractivity contribution in [2.24, 2.45) is 41.4 Å². The molecular weight excluding hydrogens is 284 g/mol. The van der Waals surface area contributed by atoms with Gasteiger partial charge in [-0.1, -0.05) is 13.3 Å². The first-order chi connectivity index (χ1) is 10.7. The van der Waals surface area contributed by atoms with E-state index in [1.807, 2.05) is 0 Å². The van der Waals surface area contributed by atoms with Gasteiger partial charge in [0.2, 0.25) is 0 Å². The quantitative estimate of drug-likeness (QED) is 0.534. The fourth-order valence-corrected chi connectivity index (χ4v) is 7.36. The highest BCUT2D eigenvalue weighted by atomic mass is 32.1. The second-order valence-electron chi connectivity index (χ2n) is 9.49. The van der Waals surface area contributed by atoms with Crippen molar-refractivity contribution in [1.82, 2.24) is 0 Å². The van der Waals surface area contributed by atoms with Crippen LogP contribution >= 0.6 is 12.6 Å². The standard InChI is InChI=1S/C21H36S/c1-14-2-10-20-17(12-14)3-4-18-13-16(7-11-21(18)20)15-5-8-19(22)9-6-15/h14-22H,2-13H2,1H3. The molecule has 4 fully saturated rings. The molecule has 1 heteroatoms. The first-order valence-electron chi connectivity index (χ1n) is 10.4. The highest BCUT2D eigenvalue weighted by Crippen LogP contribution is 2.55. The van der Waals surface area contributed by atoms with Gasteiger partial charge in [-0.15, -0.1) is 0 Å². The second-order valence-corrected chi connectivity index (χ2v) is 10.2. The summed E-state index contributed by atoms with van der Waals surface area (Å²) in [4.78, 5) is 0. The summed E-state index contributed by atoms with van der Waals surface area (Å²) in [5.41, 5.74) is 0. The molecule has 0 aliphatic heterocycles. The van der Waals surface area contributed by atoms with Gasteiger partial charge in [0.25, 0.3) is 0 Å². The average Bonchev–Trinajstić information content (AvgIpc) is 2.54. The summed E-state index contributed by atoms with van der Waals surface area (Å²) in [6.45, 7) is 2.50. The first kappa shape index (κ1) is 15.9. The van der Waals surface area contributed by atoms with Gasteiger partial charge in [0.15, 0.2) is 0 Å². The van der Waals surface area contributed by atoms with E-state index in [1.165, 1.54) is 32.1 Å². The van der Waals surface area contributed by atoms with E-state index < -0.39 is 0 Å². The van der Waals surface area contributed by atoms with Gasteiger partial charge in [0.05, 0.1) is 0 Å². The van der Waals surface area contributed by atoms with Crippen molar-refractivity contribution in [2.45, 2.75) is 89.2 Å². The first-order valence-corrected chi connectivity index (χ1v) is 10.9. The van der Waals surface area contributed by atoms with E-state index in [9.17, 15) is 0 Å². The predicted molar refractivity (Wildman–Crippen MR) is 98.3 cm³/mol. The Kier molecular flexibility index (Phi) is 4.82. The van der Waals surface area contributed by atoms with Crippen molar-refractivity contribution >= 4 is 12.6 Å². The SMILES string of the molecule is CC1CCC2C(CCC3CC(C4CCC(S)CC4)CCC32)C1. The van der Waals surface area contributed by atoms with Crippen LogP contribution in [-0.4, -0.2) is 5.25 Å². The maximum absolute atomic E-state index is 4.70. The lowest BCUT2D eigenvalue weighted by Crippen LogP contribution is -2.42. The van der Waals surface area contributed by atoms with Gasteiger partial charge < -0.3 is 0 Å². The van der Waals surface area contributed by atoms with Crippen LogP contribution in [0.25, 0.3) is 0 Å². The molecular formula is C21H36S. The van der Waals surface area contributed by atoms with E-state index in [0.717, 1.165) is 41.4 Å². The average molecular weight is 321 g/mol. The summed E-state index contributed by atoms with van der Waals surface area (Å²) in [6.07, 6.45) is 18.3. The van der Waals surface area contributed by atoms with E-state index >= 15 is 0 Å². The van der Waals surface area contributed by atoms with Gasteiger partial charge >= 0.3 is 0 Å². The summed E-state index contributed by atoms with van der Waals surface area (Å²) < 4.78 is 0. The minimum Gasteiger partial charge on any atom is -0.176 e. The zero-order chi connectivity index (χ0) is 15.1. The molecule has 0 radical (unpaired) electrons. The van der Waals surface area contributed by atoms with Crippen molar-refractivity contribution in [2.75, 3.05) is 0 Å². The van der Waals surface area contributed by atoms with Crippen molar-refractivity contribution in [3.63, 3.8) is 0 Å². The number of rotatable bonds is 1. The van der Waals surface area contributed by atoms with Crippen molar-refractivity contribution in [1.29, 1.82) is 0 Å². The van der Waals surface area contributed by atoms with Gasteiger partial charge in [0, 0.05) is 5.25 Å². The summed E-state index contributed by atoms with van der Waals surface area (Å²) in [5, 5.41) is 0.715. The minimum absolute atomic E-state index is 0.715. The zero-order valence-corrected chi connectivity index (χ0v) is 15.4. The Morgan fingerprint density at radius 3 is 1.82 bits per heavy atom. The molecule has 6 atom stereocenters. The lowest BCUT2D eigenvalue weighted by Gasteiger charge is -2.51. The van der Waals surface area contributed by atoms with Crippen LogP contribution in [-0.2, 0) is 0 Å². The Morgan fingerprint density at radius 2 is 1.09 bits per heavy atom. The third-order valence-corrected chi connectivity index (χ3v) is 8.77. The molecule has 0 spiro atoms. The highest BCUT2D eigenvalue weighted by molar-refractivity contribution is 7.80. The molecule has 22 heavy (non-hydrogen) atoms. The lowest BCUT2D eigenvalue weighted by molar-refractivity contribution is -0.0115. The molecule has 0 aromatic rings.